The van der Waals surface area contributed by atoms with E-state index in [1.165, 1.54) is 19.3 Å². The van der Waals surface area contributed by atoms with E-state index in [9.17, 15) is 9.90 Å². The van der Waals surface area contributed by atoms with Crippen LogP contribution in [0, 0.1) is 0 Å². The van der Waals surface area contributed by atoms with Gasteiger partial charge in [-0.1, -0.05) is 22.4 Å². The van der Waals surface area contributed by atoms with E-state index >= 15 is 0 Å². The number of carbonyl (C=O) groups is 1. The van der Waals surface area contributed by atoms with Crippen molar-refractivity contribution in [3.8, 4) is 5.75 Å². The molecule has 0 bridgehead atoms. The lowest BCUT2D eigenvalue weighted by Crippen LogP contribution is -2.54. The van der Waals surface area contributed by atoms with Gasteiger partial charge in [0.1, 0.15) is 5.75 Å². The number of benzene rings is 1. The smallest absolute Gasteiger partial charge is 0.255 e. The van der Waals surface area contributed by atoms with Crippen molar-refractivity contribution in [2.75, 3.05) is 6.54 Å². The molecule has 2 aliphatic heterocycles. The van der Waals surface area contributed by atoms with Crippen LogP contribution in [0.3, 0.4) is 0 Å². The van der Waals surface area contributed by atoms with Crippen LogP contribution >= 0.6 is 15.9 Å². The lowest BCUT2D eigenvalue weighted by atomic mass is 9.87. The van der Waals surface area contributed by atoms with Gasteiger partial charge in [-0.25, -0.2) is 0 Å². The normalized spacial score (nSPS) is 28.9. The Morgan fingerprint density at radius 1 is 1.36 bits per heavy atom. The van der Waals surface area contributed by atoms with Gasteiger partial charge in [0.05, 0.1) is 5.56 Å². The van der Waals surface area contributed by atoms with Gasteiger partial charge in [-0.3, -0.25) is 9.69 Å². The third-order valence-corrected chi connectivity index (χ3v) is 5.52. The highest BCUT2D eigenvalue weighted by Gasteiger charge is 2.34. The highest BCUT2D eigenvalue weighted by molar-refractivity contribution is 9.10. The van der Waals surface area contributed by atoms with Crippen molar-refractivity contribution in [3.63, 3.8) is 0 Å². The number of phenols is 1. The Hall–Kier alpha value is -1.07. The summed E-state index contributed by atoms with van der Waals surface area (Å²) >= 11 is 3.34. The zero-order valence-electron chi connectivity index (χ0n) is 12.9. The van der Waals surface area contributed by atoms with Crippen molar-refractivity contribution in [2.45, 2.75) is 57.2 Å². The summed E-state index contributed by atoms with van der Waals surface area (Å²) in [5, 5.41) is 13.0. The number of rotatable bonds is 2. The molecule has 120 valence electrons. The molecule has 0 aliphatic carbocycles. The summed E-state index contributed by atoms with van der Waals surface area (Å²) in [5.41, 5.74) is 0.341. The molecule has 0 unspecified atom stereocenters. The highest BCUT2D eigenvalue weighted by Crippen LogP contribution is 2.30. The molecular formula is C17H23BrN2O2. The summed E-state index contributed by atoms with van der Waals surface area (Å²) in [6.07, 6.45) is 5.82. The first-order valence-electron chi connectivity index (χ1n) is 8.09. The first-order chi connectivity index (χ1) is 10.5. The van der Waals surface area contributed by atoms with Crippen LogP contribution in [-0.4, -0.2) is 40.6 Å². The first-order valence-corrected chi connectivity index (χ1v) is 8.89. The molecule has 2 aliphatic rings. The molecule has 2 saturated heterocycles. The van der Waals surface area contributed by atoms with Crippen LogP contribution in [-0.2, 0) is 0 Å². The van der Waals surface area contributed by atoms with E-state index in [0.717, 1.165) is 23.9 Å². The molecule has 1 aromatic carbocycles. The van der Waals surface area contributed by atoms with Gasteiger partial charge in [0, 0.05) is 29.1 Å². The molecule has 0 radical (unpaired) electrons. The minimum absolute atomic E-state index is 0.0319. The summed E-state index contributed by atoms with van der Waals surface area (Å²) < 4.78 is 0.798. The van der Waals surface area contributed by atoms with Crippen LogP contribution in [0.1, 0.15) is 49.4 Å². The number of piperidine rings is 2. The zero-order chi connectivity index (χ0) is 15.7. The topological polar surface area (TPSA) is 52.6 Å². The van der Waals surface area contributed by atoms with E-state index in [0.29, 0.717) is 17.6 Å². The van der Waals surface area contributed by atoms with Crippen molar-refractivity contribution in [2.24, 2.45) is 0 Å². The monoisotopic (exact) mass is 366 g/mol. The van der Waals surface area contributed by atoms with E-state index < -0.39 is 0 Å². The quantitative estimate of drug-likeness (QED) is 0.844. The minimum Gasteiger partial charge on any atom is -0.507 e. The molecule has 5 heteroatoms. The Labute approximate surface area is 140 Å². The SMILES string of the molecule is C[C@@H]1CCC[C@@H]2C[C@@H](NC(=O)c3cc(Br)ccc3O)CCN21. The van der Waals surface area contributed by atoms with Gasteiger partial charge < -0.3 is 10.4 Å². The number of aromatic hydroxyl groups is 1. The average molecular weight is 367 g/mol. The standard InChI is InChI=1S/C17H23BrN2O2/c1-11-3-2-4-14-10-13(7-8-20(11)14)19-17(22)15-9-12(18)5-6-16(15)21/h5-6,9,11,13-14,21H,2-4,7-8,10H2,1H3,(H,19,22)/t11-,13+,14-/m1/s1. The van der Waals surface area contributed by atoms with Gasteiger partial charge in [-0.2, -0.15) is 0 Å². The van der Waals surface area contributed by atoms with E-state index in [-0.39, 0.29) is 17.7 Å². The third-order valence-electron chi connectivity index (χ3n) is 5.03. The Balaban J connectivity index is 1.64. The molecule has 3 rings (SSSR count). The lowest BCUT2D eigenvalue weighted by molar-refractivity contribution is 0.0457. The number of nitrogens with one attached hydrogen (secondary N) is 1. The number of halogens is 1. The number of hydrogen-bond acceptors (Lipinski definition) is 3. The second-order valence-corrected chi connectivity index (χ2v) is 7.44. The van der Waals surface area contributed by atoms with Crippen molar-refractivity contribution < 1.29 is 9.90 Å². The first kappa shape index (κ1) is 15.8. The van der Waals surface area contributed by atoms with Crippen LogP contribution < -0.4 is 5.32 Å². The second kappa shape index (κ2) is 6.59. The highest BCUT2D eigenvalue weighted by atomic mass is 79.9. The van der Waals surface area contributed by atoms with Gasteiger partial charge in [-0.05, 0) is 50.8 Å². The Bertz CT molecular complexity index is 564. The zero-order valence-corrected chi connectivity index (χ0v) is 14.5. The summed E-state index contributed by atoms with van der Waals surface area (Å²) in [4.78, 5) is 15.0. The fourth-order valence-corrected chi connectivity index (χ4v) is 4.19. The van der Waals surface area contributed by atoms with Crippen LogP contribution in [0.2, 0.25) is 0 Å². The third kappa shape index (κ3) is 3.30. The number of phenolic OH excluding ortho intramolecular Hbond substituents is 1. The molecule has 2 heterocycles. The molecule has 0 aromatic heterocycles. The van der Waals surface area contributed by atoms with E-state index in [4.69, 9.17) is 0 Å². The van der Waals surface area contributed by atoms with Gasteiger partial charge >= 0.3 is 0 Å². The van der Waals surface area contributed by atoms with E-state index in [1.54, 1.807) is 18.2 Å². The minimum atomic E-state index is -0.180. The molecule has 3 atom stereocenters. The van der Waals surface area contributed by atoms with Crippen LogP contribution in [0.25, 0.3) is 0 Å². The fourth-order valence-electron chi connectivity index (χ4n) is 3.83. The van der Waals surface area contributed by atoms with Crippen LogP contribution in [0.15, 0.2) is 22.7 Å². The Kier molecular flexibility index (Phi) is 4.73. The fraction of sp³-hybridized carbons (Fsp3) is 0.588. The predicted octanol–water partition coefficient (Wildman–Crippen LogP) is 3.29. The van der Waals surface area contributed by atoms with Gasteiger partial charge in [-0.15, -0.1) is 0 Å². The van der Waals surface area contributed by atoms with Crippen molar-refractivity contribution >= 4 is 21.8 Å². The Morgan fingerprint density at radius 3 is 3.00 bits per heavy atom. The molecule has 4 nitrogen and oxygen atoms in total. The number of fused-ring (bicyclic) bond motifs is 1. The van der Waals surface area contributed by atoms with Crippen molar-refractivity contribution in [3.05, 3.63) is 28.2 Å². The van der Waals surface area contributed by atoms with Crippen molar-refractivity contribution in [1.29, 1.82) is 0 Å². The number of carbonyl (C=O) groups excluding carboxylic acids is 1. The number of amides is 1. The molecule has 2 N–H and O–H groups in total. The van der Waals surface area contributed by atoms with Crippen LogP contribution in [0.4, 0.5) is 0 Å². The van der Waals surface area contributed by atoms with E-state index in [2.05, 4.69) is 33.1 Å². The molecule has 1 aromatic rings. The molecule has 2 fully saturated rings. The van der Waals surface area contributed by atoms with Crippen molar-refractivity contribution in [1.82, 2.24) is 10.2 Å². The molecule has 22 heavy (non-hydrogen) atoms. The molecule has 1 amide bonds. The van der Waals surface area contributed by atoms with Gasteiger partial charge in [0.15, 0.2) is 0 Å². The lowest BCUT2D eigenvalue weighted by Gasteiger charge is -2.46. The van der Waals surface area contributed by atoms with Gasteiger partial charge in [0.25, 0.3) is 5.91 Å². The number of nitrogens with zero attached hydrogens (tertiary/aromatic N) is 1. The van der Waals surface area contributed by atoms with Crippen LogP contribution in [0.5, 0.6) is 5.75 Å². The molecule has 0 saturated carbocycles. The molecular weight excluding hydrogens is 344 g/mol. The second-order valence-electron chi connectivity index (χ2n) is 6.53. The maximum atomic E-state index is 12.4. The average Bonchev–Trinajstić information content (AvgIpc) is 2.50. The summed E-state index contributed by atoms with van der Waals surface area (Å²) in [6.45, 7) is 3.37. The maximum absolute atomic E-state index is 12.4. The summed E-state index contributed by atoms with van der Waals surface area (Å²) in [5.74, 6) is -0.148. The molecule has 0 spiro atoms. The largest absolute Gasteiger partial charge is 0.507 e. The maximum Gasteiger partial charge on any atom is 0.255 e. The summed E-state index contributed by atoms with van der Waals surface area (Å²) in [6, 6.07) is 6.42. The van der Waals surface area contributed by atoms with Gasteiger partial charge in [0.2, 0.25) is 0 Å². The number of hydrogen-bond donors (Lipinski definition) is 2. The summed E-state index contributed by atoms with van der Waals surface area (Å²) in [7, 11) is 0. The van der Waals surface area contributed by atoms with E-state index in [1.807, 2.05) is 0 Å². The Morgan fingerprint density at radius 2 is 2.18 bits per heavy atom. The predicted molar refractivity (Wildman–Crippen MR) is 90.1 cm³/mol.